The molecular weight excluding hydrogens is 420 g/mol. The van der Waals surface area contributed by atoms with Crippen molar-refractivity contribution in [1.29, 1.82) is 0 Å². The van der Waals surface area contributed by atoms with Gasteiger partial charge >= 0.3 is 0 Å². The van der Waals surface area contributed by atoms with Gasteiger partial charge in [0.05, 0.1) is 13.7 Å². The summed E-state index contributed by atoms with van der Waals surface area (Å²) in [6.07, 6.45) is 8.02. The second-order valence-electron chi connectivity index (χ2n) is 12.1. The fourth-order valence-electron chi connectivity index (χ4n) is 9.02. The molecule has 1 spiro atoms. The van der Waals surface area contributed by atoms with E-state index >= 15 is 0 Å². The highest BCUT2D eigenvalue weighted by Crippen LogP contribution is 2.77. The van der Waals surface area contributed by atoms with E-state index in [-0.39, 0.29) is 10.8 Å². The van der Waals surface area contributed by atoms with Gasteiger partial charge in [-0.25, -0.2) is 0 Å². The van der Waals surface area contributed by atoms with Crippen LogP contribution < -0.4 is 9.47 Å². The Labute approximate surface area is 200 Å². The van der Waals surface area contributed by atoms with Crippen LogP contribution in [0.4, 0.5) is 0 Å². The van der Waals surface area contributed by atoms with Gasteiger partial charge in [-0.05, 0) is 77.3 Å². The summed E-state index contributed by atoms with van der Waals surface area (Å²) in [5.74, 6) is 2.63. The Morgan fingerprint density at radius 1 is 1.06 bits per heavy atom. The largest absolute Gasteiger partial charge is 0.507 e. The maximum absolute atomic E-state index is 11.5. The Morgan fingerprint density at radius 2 is 1.91 bits per heavy atom. The standard InChI is InChI=1S/C31H30O3/c1-29-14-30(2,22-12-21(22)29)16-31(15-29)20-9-5-4-7-17(20)27-23(31)13-24(32)19-11-25(33-3)28-18(26(19)27)8-6-10-34-28/h4-5,7,9,11-13,21,32H,6,8,10,14-16H2,1-3H3. The van der Waals surface area contributed by atoms with Gasteiger partial charge in [0.15, 0.2) is 11.5 Å². The molecule has 4 atom stereocenters. The van der Waals surface area contributed by atoms with Crippen LogP contribution >= 0.6 is 0 Å². The number of methoxy groups -OCH3 is 1. The SMILES string of the molecule is COc1cc2c(O)cc3c(c2c2c1OCCC2)-c1ccccc1C31CC2(C)CC(C)(C1)C1C=C12. The van der Waals surface area contributed by atoms with Gasteiger partial charge in [-0.3, -0.25) is 0 Å². The highest BCUT2D eigenvalue weighted by atomic mass is 16.5. The van der Waals surface area contributed by atoms with E-state index in [0.29, 0.717) is 23.7 Å². The lowest BCUT2D eigenvalue weighted by Gasteiger charge is -2.49. The molecule has 5 aliphatic rings. The third kappa shape index (κ3) is 2.07. The lowest BCUT2D eigenvalue weighted by molar-refractivity contribution is 0.101. The van der Waals surface area contributed by atoms with Gasteiger partial charge in [0.2, 0.25) is 0 Å². The summed E-state index contributed by atoms with van der Waals surface area (Å²) in [6.45, 7) is 5.71. The summed E-state index contributed by atoms with van der Waals surface area (Å²) < 4.78 is 11.9. The molecule has 1 heterocycles. The molecule has 3 aromatic rings. The second-order valence-corrected chi connectivity index (χ2v) is 12.1. The third-order valence-corrected chi connectivity index (χ3v) is 9.90. The molecule has 3 nitrogen and oxygen atoms in total. The third-order valence-electron chi connectivity index (χ3n) is 9.90. The minimum absolute atomic E-state index is 0.0596. The number of hydrogen-bond donors (Lipinski definition) is 1. The van der Waals surface area contributed by atoms with E-state index in [1.807, 2.05) is 6.07 Å². The van der Waals surface area contributed by atoms with Crippen molar-refractivity contribution < 1.29 is 14.6 Å². The van der Waals surface area contributed by atoms with E-state index in [0.717, 1.165) is 42.6 Å². The van der Waals surface area contributed by atoms with E-state index in [2.05, 4.69) is 50.3 Å². The van der Waals surface area contributed by atoms with Gasteiger partial charge in [-0.15, -0.1) is 0 Å². The molecule has 4 unspecified atom stereocenters. The second kappa shape index (κ2) is 5.82. The number of fused-ring (bicyclic) bond motifs is 14. The average Bonchev–Trinajstić information content (AvgIpc) is 3.59. The zero-order chi connectivity index (χ0) is 23.0. The molecule has 0 aromatic heterocycles. The topological polar surface area (TPSA) is 38.7 Å². The van der Waals surface area contributed by atoms with Gasteiger partial charge in [-0.2, -0.15) is 0 Å². The van der Waals surface area contributed by atoms with Crippen LogP contribution in [0, 0.1) is 16.7 Å². The van der Waals surface area contributed by atoms with Crippen LogP contribution in [0.1, 0.15) is 56.2 Å². The number of benzene rings is 3. The maximum atomic E-state index is 11.5. The minimum atomic E-state index is -0.0596. The first-order valence-electron chi connectivity index (χ1n) is 12.7. The molecule has 4 aliphatic carbocycles. The molecule has 0 amide bonds. The van der Waals surface area contributed by atoms with Crippen molar-refractivity contribution >= 4 is 10.8 Å². The molecule has 1 N–H and O–H groups in total. The average molecular weight is 451 g/mol. The van der Waals surface area contributed by atoms with Crippen molar-refractivity contribution in [3.63, 3.8) is 0 Å². The van der Waals surface area contributed by atoms with Gasteiger partial charge in [0, 0.05) is 27.7 Å². The fourth-order valence-corrected chi connectivity index (χ4v) is 9.02. The lowest BCUT2D eigenvalue weighted by atomic mass is 9.54. The number of aromatic hydroxyl groups is 1. The number of phenolic OH excluding ortho intramolecular Hbond substituents is 1. The highest BCUT2D eigenvalue weighted by molar-refractivity contribution is 6.08. The van der Waals surface area contributed by atoms with Crippen LogP contribution in [-0.2, 0) is 11.8 Å². The number of hydrogen-bond acceptors (Lipinski definition) is 3. The van der Waals surface area contributed by atoms with Crippen LogP contribution in [-0.4, -0.2) is 18.8 Å². The van der Waals surface area contributed by atoms with Crippen molar-refractivity contribution in [3.05, 3.63) is 64.7 Å². The molecule has 2 fully saturated rings. The zero-order valence-corrected chi connectivity index (χ0v) is 20.1. The Balaban J connectivity index is 1.50. The molecule has 2 bridgehead atoms. The van der Waals surface area contributed by atoms with E-state index < -0.39 is 0 Å². The van der Waals surface area contributed by atoms with Gasteiger partial charge in [0.1, 0.15) is 5.75 Å². The summed E-state index contributed by atoms with van der Waals surface area (Å²) >= 11 is 0. The molecule has 172 valence electrons. The van der Waals surface area contributed by atoms with Gasteiger partial charge in [-0.1, -0.05) is 49.8 Å². The van der Waals surface area contributed by atoms with Crippen molar-refractivity contribution in [2.45, 2.75) is 51.4 Å². The normalized spacial score (nSPS) is 33.6. The lowest BCUT2D eigenvalue weighted by Crippen LogP contribution is -2.42. The number of rotatable bonds is 1. The number of phenols is 1. The predicted molar refractivity (Wildman–Crippen MR) is 134 cm³/mol. The van der Waals surface area contributed by atoms with Gasteiger partial charge < -0.3 is 14.6 Å². The van der Waals surface area contributed by atoms with Gasteiger partial charge in [0.25, 0.3) is 0 Å². The summed E-state index contributed by atoms with van der Waals surface area (Å²) in [5.41, 5.74) is 8.83. The Morgan fingerprint density at radius 3 is 2.74 bits per heavy atom. The Hall–Kier alpha value is -2.94. The summed E-state index contributed by atoms with van der Waals surface area (Å²) in [6, 6.07) is 13.1. The molecule has 0 radical (unpaired) electrons. The fraction of sp³-hybridized carbons (Fsp3) is 0.419. The molecule has 34 heavy (non-hydrogen) atoms. The first-order valence-corrected chi connectivity index (χ1v) is 12.7. The quantitative estimate of drug-likeness (QED) is 0.409. The Kier molecular flexibility index (Phi) is 3.31. The van der Waals surface area contributed by atoms with E-state index in [1.54, 1.807) is 12.7 Å². The van der Waals surface area contributed by atoms with Crippen LogP contribution in [0.3, 0.4) is 0 Å². The molecule has 0 saturated heterocycles. The van der Waals surface area contributed by atoms with Crippen molar-refractivity contribution in [2.75, 3.05) is 13.7 Å². The number of aryl methyl sites for hydroxylation is 1. The predicted octanol–water partition coefficient (Wildman–Crippen LogP) is 6.91. The molecule has 1 aliphatic heterocycles. The first-order chi connectivity index (χ1) is 16.4. The van der Waals surface area contributed by atoms with Crippen molar-refractivity contribution in [3.8, 4) is 28.4 Å². The summed E-state index contributed by atoms with van der Waals surface area (Å²) in [5, 5.41) is 13.5. The summed E-state index contributed by atoms with van der Waals surface area (Å²) in [7, 11) is 1.69. The maximum Gasteiger partial charge on any atom is 0.164 e. The first kappa shape index (κ1) is 19.4. The molecule has 2 saturated carbocycles. The van der Waals surface area contributed by atoms with E-state index in [4.69, 9.17) is 9.47 Å². The molecule has 3 heteroatoms. The zero-order valence-electron chi connectivity index (χ0n) is 20.1. The smallest absolute Gasteiger partial charge is 0.164 e. The van der Waals surface area contributed by atoms with E-state index in [1.165, 1.54) is 39.6 Å². The van der Waals surface area contributed by atoms with Crippen molar-refractivity contribution in [2.24, 2.45) is 16.7 Å². The van der Waals surface area contributed by atoms with Crippen LogP contribution in [0.5, 0.6) is 17.2 Å². The molecular formula is C31H30O3. The van der Waals surface area contributed by atoms with E-state index in [9.17, 15) is 5.11 Å². The number of ether oxygens (including phenoxy) is 2. The number of allylic oxidation sites excluding steroid dienone is 2. The highest BCUT2D eigenvalue weighted by Gasteiger charge is 2.67. The van der Waals surface area contributed by atoms with Crippen LogP contribution in [0.2, 0.25) is 0 Å². The Bertz CT molecular complexity index is 1480. The summed E-state index contributed by atoms with van der Waals surface area (Å²) in [4.78, 5) is 0. The minimum Gasteiger partial charge on any atom is -0.507 e. The molecule has 8 rings (SSSR count). The van der Waals surface area contributed by atoms with Crippen molar-refractivity contribution in [1.82, 2.24) is 0 Å². The van der Waals surface area contributed by atoms with Crippen LogP contribution in [0.15, 0.2) is 48.0 Å². The monoisotopic (exact) mass is 450 g/mol. The molecule has 3 aromatic carbocycles. The van der Waals surface area contributed by atoms with Crippen LogP contribution in [0.25, 0.3) is 21.9 Å².